The molecule has 0 saturated heterocycles. The van der Waals surface area contributed by atoms with Crippen LogP contribution in [0.25, 0.3) is 22.3 Å². The molecule has 0 fully saturated rings. The van der Waals surface area contributed by atoms with Crippen LogP contribution >= 0.6 is 0 Å². The van der Waals surface area contributed by atoms with E-state index in [0.717, 1.165) is 16.7 Å². The zero-order valence-corrected chi connectivity index (χ0v) is 13.5. The molecule has 1 N–H and O–H groups in total. The van der Waals surface area contributed by atoms with Gasteiger partial charge in [0.25, 0.3) is 0 Å². The molecule has 0 radical (unpaired) electrons. The van der Waals surface area contributed by atoms with Crippen molar-refractivity contribution in [3.63, 3.8) is 0 Å². The molecule has 3 rings (SSSR count). The number of carbonyl (C=O) groups is 1. The highest BCUT2D eigenvalue weighted by Gasteiger charge is 2.11. The first-order chi connectivity index (χ1) is 11.5. The highest BCUT2D eigenvalue weighted by molar-refractivity contribution is 5.74. The van der Waals surface area contributed by atoms with Crippen LogP contribution in [0.4, 0.5) is 4.79 Å². The van der Waals surface area contributed by atoms with Gasteiger partial charge in [0.1, 0.15) is 0 Å². The van der Waals surface area contributed by atoms with Crippen molar-refractivity contribution in [1.82, 2.24) is 4.98 Å². The fourth-order valence-corrected chi connectivity index (χ4v) is 2.68. The second kappa shape index (κ2) is 6.54. The lowest BCUT2D eigenvalue weighted by molar-refractivity contribution is 0.142. The van der Waals surface area contributed by atoms with Gasteiger partial charge in [-0.2, -0.15) is 0 Å². The zero-order chi connectivity index (χ0) is 17.1. The highest BCUT2D eigenvalue weighted by atomic mass is 16.7. The molecule has 0 amide bonds. The van der Waals surface area contributed by atoms with Crippen molar-refractivity contribution in [3.05, 3.63) is 71.9 Å². The number of aryl methyl sites for hydroxylation is 1. The SMILES string of the molecule is Cc1cccc(-c2ccc(-c3ccnc(OC(=O)O)c3C)cc2)c1. The van der Waals surface area contributed by atoms with E-state index in [1.54, 1.807) is 13.1 Å². The number of rotatable bonds is 3. The quantitative estimate of drug-likeness (QED) is 0.683. The molecule has 0 aliphatic rings. The second-order valence-corrected chi connectivity index (χ2v) is 5.60. The molecule has 0 aliphatic carbocycles. The Hall–Kier alpha value is -3.14. The Morgan fingerprint density at radius 2 is 1.67 bits per heavy atom. The molecule has 0 aliphatic heterocycles. The van der Waals surface area contributed by atoms with Gasteiger partial charge in [-0.15, -0.1) is 0 Å². The molecule has 2 aromatic carbocycles. The van der Waals surface area contributed by atoms with Gasteiger partial charge in [-0.05, 0) is 42.2 Å². The van der Waals surface area contributed by atoms with Crippen LogP contribution in [0.5, 0.6) is 5.88 Å². The fraction of sp³-hybridized carbons (Fsp3) is 0.100. The second-order valence-electron chi connectivity index (χ2n) is 5.60. The lowest BCUT2D eigenvalue weighted by atomic mass is 9.98. The monoisotopic (exact) mass is 319 g/mol. The summed E-state index contributed by atoms with van der Waals surface area (Å²) in [5.41, 5.74) is 6.11. The summed E-state index contributed by atoms with van der Waals surface area (Å²) in [6, 6.07) is 18.3. The number of ether oxygens (including phenoxy) is 1. The molecule has 1 heterocycles. The van der Waals surface area contributed by atoms with Crippen molar-refractivity contribution in [1.29, 1.82) is 0 Å². The smallest absolute Gasteiger partial charge is 0.449 e. The van der Waals surface area contributed by atoms with Gasteiger partial charge in [-0.1, -0.05) is 54.1 Å². The first kappa shape index (κ1) is 15.7. The van der Waals surface area contributed by atoms with Gasteiger partial charge in [-0.3, -0.25) is 0 Å². The number of aromatic nitrogens is 1. The number of hydrogen-bond acceptors (Lipinski definition) is 3. The van der Waals surface area contributed by atoms with Crippen molar-refractivity contribution in [2.75, 3.05) is 0 Å². The van der Waals surface area contributed by atoms with E-state index in [2.05, 4.69) is 42.2 Å². The molecule has 3 aromatic rings. The molecule has 0 bridgehead atoms. The molecule has 0 unspecified atom stereocenters. The van der Waals surface area contributed by atoms with E-state index in [-0.39, 0.29) is 5.88 Å². The first-order valence-corrected chi connectivity index (χ1v) is 7.58. The standard InChI is InChI=1S/C20H17NO3/c1-13-4-3-5-17(12-13)15-6-8-16(9-7-15)18-10-11-21-19(14(18)2)24-20(22)23/h3-12H,1-2H3,(H,22,23). The van der Waals surface area contributed by atoms with Gasteiger partial charge in [0.2, 0.25) is 5.88 Å². The summed E-state index contributed by atoms with van der Waals surface area (Å²) in [7, 11) is 0. The maximum atomic E-state index is 10.7. The number of benzene rings is 2. The van der Waals surface area contributed by atoms with E-state index in [4.69, 9.17) is 9.84 Å². The summed E-state index contributed by atoms with van der Waals surface area (Å²) in [6.07, 6.45) is 0.187. The minimum Gasteiger partial charge on any atom is -0.449 e. The Morgan fingerprint density at radius 3 is 2.33 bits per heavy atom. The van der Waals surface area contributed by atoms with Gasteiger partial charge in [0, 0.05) is 11.8 Å². The summed E-state index contributed by atoms with van der Waals surface area (Å²) in [5, 5.41) is 8.78. The number of pyridine rings is 1. The van der Waals surface area contributed by atoms with Crippen LogP contribution in [-0.4, -0.2) is 16.2 Å². The van der Waals surface area contributed by atoms with Crippen molar-refractivity contribution in [3.8, 4) is 28.1 Å². The third kappa shape index (κ3) is 3.27. The third-order valence-corrected chi connectivity index (χ3v) is 3.89. The van der Waals surface area contributed by atoms with E-state index in [9.17, 15) is 4.79 Å². The van der Waals surface area contributed by atoms with Crippen molar-refractivity contribution < 1.29 is 14.6 Å². The summed E-state index contributed by atoms with van der Waals surface area (Å²) < 4.78 is 4.72. The normalized spacial score (nSPS) is 10.4. The van der Waals surface area contributed by atoms with E-state index < -0.39 is 6.16 Å². The Labute approximate surface area is 140 Å². The van der Waals surface area contributed by atoms with Crippen molar-refractivity contribution in [2.45, 2.75) is 13.8 Å². The minimum absolute atomic E-state index is 0.114. The van der Waals surface area contributed by atoms with Crippen LogP contribution in [0.1, 0.15) is 11.1 Å². The molecule has 0 atom stereocenters. The average molecular weight is 319 g/mol. The Kier molecular flexibility index (Phi) is 4.29. The van der Waals surface area contributed by atoms with Crippen LogP contribution in [-0.2, 0) is 0 Å². The van der Waals surface area contributed by atoms with Gasteiger partial charge in [0.15, 0.2) is 0 Å². The zero-order valence-electron chi connectivity index (χ0n) is 13.5. The maximum Gasteiger partial charge on any atom is 0.512 e. The Balaban J connectivity index is 1.95. The molecular weight excluding hydrogens is 302 g/mol. The van der Waals surface area contributed by atoms with E-state index >= 15 is 0 Å². The van der Waals surface area contributed by atoms with Gasteiger partial charge in [-0.25, -0.2) is 9.78 Å². The molecule has 120 valence electrons. The van der Waals surface area contributed by atoms with Crippen molar-refractivity contribution in [2.24, 2.45) is 0 Å². The molecule has 4 nitrogen and oxygen atoms in total. The molecule has 0 saturated carbocycles. The molecule has 4 heteroatoms. The molecular formula is C20H17NO3. The highest BCUT2D eigenvalue weighted by Crippen LogP contribution is 2.30. The van der Waals surface area contributed by atoms with Crippen LogP contribution in [0.3, 0.4) is 0 Å². The van der Waals surface area contributed by atoms with Gasteiger partial charge >= 0.3 is 6.16 Å². The predicted molar refractivity (Wildman–Crippen MR) is 93.2 cm³/mol. The minimum atomic E-state index is -1.36. The average Bonchev–Trinajstić information content (AvgIpc) is 2.57. The number of nitrogens with zero attached hydrogens (tertiary/aromatic N) is 1. The van der Waals surface area contributed by atoms with Crippen LogP contribution in [0.15, 0.2) is 60.8 Å². The molecule has 24 heavy (non-hydrogen) atoms. The van der Waals surface area contributed by atoms with E-state index in [1.165, 1.54) is 11.1 Å². The number of carboxylic acid groups (broad SMARTS) is 1. The number of hydrogen-bond donors (Lipinski definition) is 1. The summed E-state index contributed by atoms with van der Waals surface area (Å²) in [4.78, 5) is 14.7. The van der Waals surface area contributed by atoms with Crippen LogP contribution < -0.4 is 4.74 Å². The van der Waals surface area contributed by atoms with E-state index in [0.29, 0.717) is 5.56 Å². The summed E-state index contributed by atoms with van der Waals surface area (Å²) in [6.45, 7) is 3.87. The summed E-state index contributed by atoms with van der Waals surface area (Å²) >= 11 is 0. The fourth-order valence-electron chi connectivity index (χ4n) is 2.68. The van der Waals surface area contributed by atoms with E-state index in [1.807, 2.05) is 24.3 Å². The lowest BCUT2D eigenvalue weighted by Crippen LogP contribution is -2.06. The van der Waals surface area contributed by atoms with Crippen molar-refractivity contribution >= 4 is 6.16 Å². The molecule has 0 spiro atoms. The molecule has 1 aromatic heterocycles. The maximum absolute atomic E-state index is 10.7. The first-order valence-electron chi connectivity index (χ1n) is 7.58. The predicted octanol–water partition coefficient (Wildman–Crippen LogP) is 5.09. The van der Waals surface area contributed by atoms with Gasteiger partial charge in [0.05, 0.1) is 0 Å². The Morgan fingerprint density at radius 1 is 0.958 bits per heavy atom. The van der Waals surface area contributed by atoms with Gasteiger partial charge < -0.3 is 9.84 Å². The summed E-state index contributed by atoms with van der Waals surface area (Å²) in [5.74, 6) is 0.114. The third-order valence-electron chi connectivity index (χ3n) is 3.89. The Bertz CT molecular complexity index is 886. The van der Waals surface area contributed by atoms with Crippen LogP contribution in [0, 0.1) is 13.8 Å². The largest absolute Gasteiger partial charge is 0.512 e. The van der Waals surface area contributed by atoms with Crippen LogP contribution in [0.2, 0.25) is 0 Å². The topological polar surface area (TPSA) is 59.4 Å². The lowest BCUT2D eigenvalue weighted by Gasteiger charge is -2.10.